The molecule has 0 radical (unpaired) electrons. The van der Waals surface area contributed by atoms with E-state index in [9.17, 15) is 5.26 Å². The second-order valence-corrected chi connectivity index (χ2v) is 6.36. The quantitative estimate of drug-likeness (QED) is 0.760. The van der Waals surface area contributed by atoms with Gasteiger partial charge in [0.2, 0.25) is 0 Å². The van der Waals surface area contributed by atoms with Gasteiger partial charge in [-0.2, -0.15) is 5.26 Å². The van der Waals surface area contributed by atoms with Crippen molar-refractivity contribution in [1.29, 1.82) is 5.26 Å². The summed E-state index contributed by atoms with van der Waals surface area (Å²) < 4.78 is 1.99. The van der Waals surface area contributed by atoms with Crippen LogP contribution in [0.5, 0.6) is 0 Å². The van der Waals surface area contributed by atoms with Gasteiger partial charge in [-0.3, -0.25) is 0 Å². The maximum Gasteiger partial charge on any atom is 0.122 e. The summed E-state index contributed by atoms with van der Waals surface area (Å²) in [5.41, 5.74) is 11.8. The minimum atomic E-state index is 0.574. The summed E-state index contributed by atoms with van der Waals surface area (Å²) in [6, 6.07) is 20.0. The third kappa shape index (κ3) is 3.45. The van der Waals surface area contributed by atoms with Crippen molar-refractivity contribution in [3.8, 4) is 6.07 Å². The molecule has 1 aromatic heterocycles. The largest absolute Gasteiger partial charge is 0.397 e. The van der Waals surface area contributed by atoms with E-state index in [2.05, 4.69) is 37.3 Å². The average molecular weight is 336 g/mol. The molecule has 0 bridgehead atoms. The molecule has 0 fully saturated rings. The van der Waals surface area contributed by atoms with Gasteiger partial charge in [0, 0.05) is 23.7 Å². The van der Waals surface area contributed by atoms with Crippen molar-refractivity contribution >= 4 is 17.3 Å². The van der Waals surface area contributed by atoms with Crippen molar-refractivity contribution in [2.24, 2.45) is 0 Å². The topological polar surface area (TPSA) is 54.7 Å². The first-order valence-corrected chi connectivity index (χ1v) is 8.12. The Balaban J connectivity index is 1.98. The second kappa shape index (κ2) is 6.82. The number of rotatable bonds is 4. The van der Waals surface area contributed by atoms with Crippen LogP contribution in [-0.2, 0) is 13.0 Å². The van der Waals surface area contributed by atoms with Gasteiger partial charge in [-0.15, -0.1) is 0 Å². The highest BCUT2D eigenvalue weighted by molar-refractivity contribution is 6.30. The van der Waals surface area contributed by atoms with E-state index in [-0.39, 0.29) is 0 Å². The number of halogens is 1. The summed E-state index contributed by atoms with van der Waals surface area (Å²) in [4.78, 5) is 0. The van der Waals surface area contributed by atoms with Crippen molar-refractivity contribution in [3.05, 3.63) is 87.7 Å². The third-order valence-corrected chi connectivity index (χ3v) is 4.31. The van der Waals surface area contributed by atoms with Crippen LogP contribution in [0.1, 0.15) is 28.1 Å². The van der Waals surface area contributed by atoms with Gasteiger partial charge in [-0.05, 0) is 36.2 Å². The summed E-state index contributed by atoms with van der Waals surface area (Å²) in [5, 5.41) is 10.1. The Hall–Kier alpha value is -2.70. The molecule has 0 spiro atoms. The number of nitriles is 1. The van der Waals surface area contributed by atoms with E-state index < -0.39 is 0 Å². The molecule has 0 atom stereocenters. The highest BCUT2D eigenvalue weighted by atomic mass is 35.5. The van der Waals surface area contributed by atoms with E-state index in [4.69, 9.17) is 17.3 Å². The van der Waals surface area contributed by atoms with E-state index in [1.165, 1.54) is 5.56 Å². The van der Waals surface area contributed by atoms with Crippen LogP contribution in [-0.4, -0.2) is 4.57 Å². The molecular formula is C20H18ClN3. The first kappa shape index (κ1) is 16.2. The molecule has 0 amide bonds. The summed E-state index contributed by atoms with van der Waals surface area (Å²) in [7, 11) is 0. The van der Waals surface area contributed by atoms with Gasteiger partial charge < -0.3 is 10.3 Å². The normalized spacial score (nSPS) is 10.5. The highest BCUT2D eigenvalue weighted by Gasteiger charge is 2.14. The Morgan fingerprint density at radius 1 is 1.08 bits per heavy atom. The van der Waals surface area contributed by atoms with Gasteiger partial charge in [-0.1, -0.05) is 53.6 Å². The lowest BCUT2D eigenvalue weighted by molar-refractivity contribution is 0.749. The molecule has 3 rings (SSSR count). The van der Waals surface area contributed by atoms with Gasteiger partial charge in [0.25, 0.3) is 0 Å². The number of aryl methyl sites for hydroxylation is 1. The zero-order valence-corrected chi connectivity index (χ0v) is 14.2. The monoisotopic (exact) mass is 335 g/mol. The third-order valence-electron chi connectivity index (χ3n) is 4.08. The maximum atomic E-state index is 9.44. The minimum absolute atomic E-state index is 0.574. The fourth-order valence-electron chi connectivity index (χ4n) is 2.80. The Labute approximate surface area is 146 Å². The second-order valence-electron chi connectivity index (χ2n) is 5.92. The fourth-order valence-corrected chi connectivity index (χ4v) is 3.01. The molecule has 120 valence electrons. The first-order valence-electron chi connectivity index (χ1n) is 7.75. The number of aromatic nitrogens is 1. The summed E-state index contributed by atoms with van der Waals surface area (Å²) >= 11 is 6.08. The van der Waals surface area contributed by atoms with Gasteiger partial charge in [-0.25, -0.2) is 0 Å². The maximum absolute atomic E-state index is 9.44. The average Bonchev–Trinajstić information content (AvgIpc) is 2.85. The van der Waals surface area contributed by atoms with E-state index >= 15 is 0 Å². The van der Waals surface area contributed by atoms with Crippen LogP contribution in [0.15, 0.2) is 54.6 Å². The van der Waals surface area contributed by atoms with Gasteiger partial charge in [0.1, 0.15) is 11.8 Å². The molecule has 3 aromatic rings. The lowest BCUT2D eigenvalue weighted by Gasteiger charge is -2.12. The van der Waals surface area contributed by atoms with Crippen LogP contribution < -0.4 is 5.73 Å². The molecule has 0 saturated heterocycles. The van der Waals surface area contributed by atoms with Gasteiger partial charge >= 0.3 is 0 Å². The first-order chi connectivity index (χ1) is 11.6. The molecule has 0 saturated carbocycles. The van der Waals surface area contributed by atoms with Crippen molar-refractivity contribution in [1.82, 2.24) is 4.57 Å². The van der Waals surface area contributed by atoms with Crippen LogP contribution in [0, 0.1) is 18.3 Å². The van der Waals surface area contributed by atoms with Crippen molar-refractivity contribution in [3.63, 3.8) is 0 Å². The van der Waals surface area contributed by atoms with E-state index in [1.54, 1.807) is 6.07 Å². The number of nitrogens with zero attached hydrogens (tertiary/aromatic N) is 2. The number of benzene rings is 2. The molecule has 1 heterocycles. The Bertz CT molecular complexity index is 902. The fraction of sp³-hybridized carbons (Fsp3) is 0.150. The number of nitrogens with two attached hydrogens (primary N) is 1. The standard InChI is InChI=1S/C20H18ClN3/c1-14-5-7-15(8-6-14)13-24-18(12-22)11-19(23)20(24)10-16-3-2-4-17(21)9-16/h2-9,11H,10,13,23H2,1H3. The number of nitrogen functional groups attached to an aromatic ring is 1. The number of hydrogen-bond donors (Lipinski definition) is 1. The molecular weight excluding hydrogens is 318 g/mol. The lowest BCUT2D eigenvalue weighted by atomic mass is 10.1. The molecule has 0 aliphatic heterocycles. The number of hydrogen-bond acceptors (Lipinski definition) is 2. The Morgan fingerprint density at radius 3 is 2.50 bits per heavy atom. The minimum Gasteiger partial charge on any atom is -0.397 e. The van der Waals surface area contributed by atoms with Crippen molar-refractivity contribution < 1.29 is 0 Å². The Kier molecular flexibility index (Phi) is 4.59. The van der Waals surface area contributed by atoms with E-state index in [0.29, 0.717) is 29.4 Å². The van der Waals surface area contributed by atoms with Crippen LogP contribution in [0.25, 0.3) is 0 Å². The molecule has 0 aliphatic rings. The molecule has 24 heavy (non-hydrogen) atoms. The van der Waals surface area contributed by atoms with Crippen LogP contribution in [0.3, 0.4) is 0 Å². The SMILES string of the molecule is Cc1ccc(Cn2c(C#N)cc(N)c2Cc2cccc(Cl)c2)cc1. The highest BCUT2D eigenvalue weighted by Crippen LogP contribution is 2.24. The van der Waals surface area contributed by atoms with Crippen LogP contribution >= 0.6 is 11.6 Å². The van der Waals surface area contributed by atoms with Gasteiger partial charge in [0.05, 0.1) is 5.69 Å². The predicted molar refractivity (Wildman–Crippen MR) is 98.1 cm³/mol. The predicted octanol–water partition coefficient (Wildman–Crippen LogP) is 4.54. The molecule has 0 aliphatic carbocycles. The van der Waals surface area contributed by atoms with Gasteiger partial charge in [0.15, 0.2) is 0 Å². The summed E-state index contributed by atoms with van der Waals surface area (Å²) in [6.07, 6.45) is 0.639. The van der Waals surface area contributed by atoms with Crippen molar-refractivity contribution in [2.75, 3.05) is 5.73 Å². The smallest absolute Gasteiger partial charge is 0.122 e. The van der Waals surface area contributed by atoms with E-state index in [1.807, 2.05) is 28.8 Å². The summed E-state index contributed by atoms with van der Waals surface area (Å²) in [6.45, 7) is 2.68. The van der Waals surface area contributed by atoms with E-state index in [0.717, 1.165) is 16.8 Å². The van der Waals surface area contributed by atoms with Crippen molar-refractivity contribution in [2.45, 2.75) is 19.9 Å². The zero-order valence-electron chi connectivity index (χ0n) is 13.5. The molecule has 2 N–H and O–H groups in total. The molecule has 2 aromatic carbocycles. The lowest BCUT2D eigenvalue weighted by Crippen LogP contribution is -2.08. The summed E-state index contributed by atoms with van der Waals surface area (Å²) in [5.74, 6) is 0. The van der Waals surface area contributed by atoms with Crippen LogP contribution in [0.4, 0.5) is 5.69 Å². The molecule has 0 unspecified atom stereocenters. The van der Waals surface area contributed by atoms with Crippen LogP contribution in [0.2, 0.25) is 5.02 Å². The Morgan fingerprint density at radius 2 is 1.83 bits per heavy atom. The number of anilines is 1. The molecule has 3 nitrogen and oxygen atoms in total. The zero-order chi connectivity index (χ0) is 17.1. The molecule has 4 heteroatoms.